The third-order valence-corrected chi connectivity index (χ3v) is 6.91. The molecule has 2 aliphatic carbocycles. The van der Waals surface area contributed by atoms with Crippen molar-refractivity contribution in [2.45, 2.75) is 84.5 Å². The fraction of sp³-hybridized carbons (Fsp3) is 0.667. The molecule has 0 radical (unpaired) electrons. The number of hydrogen-bond acceptors (Lipinski definition) is 0. The van der Waals surface area contributed by atoms with Crippen molar-refractivity contribution < 1.29 is 4.39 Å². The van der Waals surface area contributed by atoms with Crippen LogP contribution in [0.4, 0.5) is 4.39 Å². The Morgan fingerprint density at radius 3 is 2.36 bits per heavy atom. The Kier molecular flexibility index (Phi) is 6.73. The van der Waals surface area contributed by atoms with Crippen molar-refractivity contribution >= 4 is 0 Å². The lowest BCUT2D eigenvalue weighted by Gasteiger charge is -2.35. The monoisotopic (exact) mass is 342 g/mol. The van der Waals surface area contributed by atoms with E-state index in [2.05, 4.69) is 19.1 Å². The molecule has 0 N–H and O–H groups in total. The summed E-state index contributed by atoms with van der Waals surface area (Å²) in [7, 11) is 0. The Hall–Kier alpha value is -1.11. The smallest absolute Gasteiger partial charge is 0.126 e. The van der Waals surface area contributed by atoms with Crippen LogP contribution in [0.5, 0.6) is 0 Å². The number of rotatable bonds is 6. The summed E-state index contributed by atoms with van der Waals surface area (Å²) in [6.07, 6.45) is 16.6. The molecule has 1 unspecified atom stereocenters. The van der Waals surface area contributed by atoms with E-state index in [1.54, 1.807) is 11.6 Å². The lowest BCUT2D eigenvalue weighted by Crippen LogP contribution is -2.23. The Balaban J connectivity index is 1.46. The zero-order valence-electron chi connectivity index (χ0n) is 16.2. The first kappa shape index (κ1) is 18.7. The van der Waals surface area contributed by atoms with E-state index in [0.29, 0.717) is 0 Å². The van der Waals surface area contributed by atoms with Crippen molar-refractivity contribution in [3.8, 4) is 0 Å². The minimum atomic E-state index is -0.0274. The van der Waals surface area contributed by atoms with Gasteiger partial charge in [0.05, 0.1) is 0 Å². The van der Waals surface area contributed by atoms with Gasteiger partial charge in [-0.3, -0.25) is 0 Å². The topological polar surface area (TPSA) is 0 Å². The van der Waals surface area contributed by atoms with Crippen LogP contribution in [0.1, 0.15) is 82.8 Å². The molecule has 0 aromatic heterocycles. The van der Waals surface area contributed by atoms with Gasteiger partial charge in [-0.1, -0.05) is 56.9 Å². The maximum absolute atomic E-state index is 13.9. The van der Waals surface area contributed by atoms with Crippen LogP contribution in [-0.2, 0) is 12.8 Å². The minimum Gasteiger partial charge on any atom is -0.207 e. The molecule has 0 saturated heterocycles. The van der Waals surface area contributed by atoms with Gasteiger partial charge in [-0.15, -0.1) is 0 Å². The van der Waals surface area contributed by atoms with E-state index in [1.807, 2.05) is 13.0 Å². The quantitative estimate of drug-likeness (QED) is 0.477. The van der Waals surface area contributed by atoms with Gasteiger partial charge in [-0.05, 0) is 86.3 Å². The molecule has 1 saturated carbocycles. The molecule has 0 bridgehead atoms. The zero-order chi connectivity index (χ0) is 17.6. The summed E-state index contributed by atoms with van der Waals surface area (Å²) in [5.74, 6) is 2.89. The van der Waals surface area contributed by atoms with E-state index in [4.69, 9.17) is 0 Å². The molecule has 0 nitrogen and oxygen atoms in total. The highest BCUT2D eigenvalue weighted by molar-refractivity contribution is 5.25. The van der Waals surface area contributed by atoms with Crippen LogP contribution >= 0.6 is 0 Å². The van der Waals surface area contributed by atoms with Gasteiger partial charge in [0, 0.05) is 0 Å². The molecule has 1 fully saturated rings. The van der Waals surface area contributed by atoms with Crippen LogP contribution in [0.3, 0.4) is 0 Å². The SMILES string of the molecule is CCc1ccc(CCC2=CCC(C3CCC(CC)CC3)CC2)cc1F. The third-order valence-electron chi connectivity index (χ3n) is 6.91. The third kappa shape index (κ3) is 4.96. The van der Waals surface area contributed by atoms with Gasteiger partial charge >= 0.3 is 0 Å². The molecular weight excluding hydrogens is 307 g/mol. The summed E-state index contributed by atoms with van der Waals surface area (Å²) in [4.78, 5) is 0. The first-order chi connectivity index (χ1) is 12.2. The maximum Gasteiger partial charge on any atom is 0.126 e. The molecule has 0 amide bonds. The first-order valence-electron chi connectivity index (χ1n) is 10.6. The van der Waals surface area contributed by atoms with Crippen molar-refractivity contribution in [3.05, 3.63) is 46.8 Å². The Morgan fingerprint density at radius 2 is 1.76 bits per heavy atom. The van der Waals surface area contributed by atoms with E-state index in [1.165, 1.54) is 51.4 Å². The molecule has 138 valence electrons. The molecule has 1 aromatic rings. The highest BCUT2D eigenvalue weighted by Gasteiger charge is 2.27. The van der Waals surface area contributed by atoms with E-state index >= 15 is 0 Å². The van der Waals surface area contributed by atoms with Gasteiger partial charge in [-0.2, -0.15) is 0 Å². The lowest BCUT2D eigenvalue weighted by atomic mass is 9.71. The highest BCUT2D eigenvalue weighted by atomic mass is 19.1. The molecule has 0 spiro atoms. The second kappa shape index (κ2) is 9.01. The van der Waals surface area contributed by atoms with Gasteiger partial charge in [0.15, 0.2) is 0 Å². The molecule has 1 aromatic carbocycles. The average molecular weight is 343 g/mol. The predicted molar refractivity (Wildman–Crippen MR) is 105 cm³/mol. The summed E-state index contributed by atoms with van der Waals surface area (Å²) in [6.45, 7) is 4.36. The van der Waals surface area contributed by atoms with Crippen molar-refractivity contribution in [1.82, 2.24) is 0 Å². The van der Waals surface area contributed by atoms with Crippen LogP contribution in [0.15, 0.2) is 29.8 Å². The minimum absolute atomic E-state index is 0.0274. The van der Waals surface area contributed by atoms with Crippen LogP contribution in [0.25, 0.3) is 0 Å². The molecule has 0 aliphatic heterocycles. The fourth-order valence-electron chi connectivity index (χ4n) is 4.97. The first-order valence-corrected chi connectivity index (χ1v) is 10.6. The zero-order valence-corrected chi connectivity index (χ0v) is 16.2. The predicted octanol–water partition coefficient (Wildman–Crippen LogP) is 7.26. The Bertz CT molecular complexity index is 578. The molecule has 25 heavy (non-hydrogen) atoms. The van der Waals surface area contributed by atoms with Gasteiger partial charge < -0.3 is 0 Å². The molecule has 2 aliphatic rings. The van der Waals surface area contributed by atoms with Gasteiger partial charge in [0.1, 0.15) is 5.82 Å². The van der Waals surface area contributed by atoms with Crippen LogP contribution < -0.4 is 0 Å². The number of halogens is 1. The van der Waals surface area contributed by atoms with Crippen molar-refractivity contribution in [3.63, 3.8) is 0 Å². The second-order valence-corrected chi connectivity index (χ2v) is 8.37. The van der Waals surface area contributed by atoms with E-state index in [-0.39, 0.29) is 5.82 Å². The Labute approximate surface area is 153 Å². The molecule has 0 heterocycles. The average Bonchev–Trinajstić information content (AvgIpc) is 2.67. The normalized spacial score (nSPS) is 27.2. The Morgan fingerprint density at radius 1 is 0.960 bits per heavy atom. The van der Waals surface area contributed by atoms with Crippen molar-refractivity contribution in [2.24, 2.45) is 17.8 Å². The summed E-state index contributed by atoms with van der Waals surface area (Å²) < 4.78 is 13.9. The van der Waals surface area contributed by atoms with E-state index in [9.17, 15) is 4.39 Å². The van der Waals surface area contributed by atoms with Gasteiger partial charge in [-0.25, -0.2) is 4.39 Å². The van der Waals surface area contributed by atoms with E-state index in [0.717, 1.165) is 48.1 Å². The standard InChI is InChI=1S/C24H35F/c1-3-18-7-13-22(14-8-18)23-15-9-19(10-16-23)5-6-20-11-12-21(4-2)24(25)17-20/h9,11-12,17-18,22-23H,3-8,10,13-16H2,1-2H3. The molecule has 1 atom stereocenters. The second-order valence-electron chi connectivity index (χ2n) is 8.37. The molecule has 1 heteroatoms. The van der Waals surface area contributed by atoms with Crippen molar-refractivity contribution in [1.29, 1.82) is 0 Å². The largest absolute Gasteiger partial charge is 0.207 e. The maximum atomic E-state index is 13.9. The highest BCUT2D eigenvalue weighted by Crippen LogP contribution is 2.40. The molecule has 3 rings (SSSR count). The van der Waals surface area contributed by atoms with Crippen LogP contribution in [0, 0.1) is 23.6 Å². The summed E-state index contributed by atoms with van der Waals surface area (Å²) in [5.41, 5.74) is 3.59. The van der Waals surface area contributed by atoms with Gasteiger partial charge in [0.25, 0.3) is 0 Å². The lowest BCUT2D eigenvalue weighted by molar-refractivity contribution is 0.189. The van der Waals surface area contributed by atoms with Gasteiger partial charge in [0.2, 0.25) is 0 Å². The number of aryl methyl sites for hydroxylation is 2. The molecular formula is C24H35F. The summed E-state index contributed by atoms with van der Waals surface area (Å²) in [6, 6.07) is 5.82. The van der Waals surface area contributed by atoms with Crippen molar-refractivity contribution in [2.75, 3.05) is 0 Å². The fourth-order valence-corrected chi connectivity index (χ4v) is 4.97. The summed E-state index contributed by atoms with van der Waals surface area (Å²) >= 11 is 0. The van der Waals surface area contributed by atoms with Crippen LogP contribution in [-0.4, -0.2) is 0 Å². The number of benzene rings is 1. The summed E-state index contributed by atoms with van der Waals surface area (Å²) in [5, 5.41) is 0. The number of allylic oxidation sites excluding steroid dienone is 2. The van der Waals surface area contributed by atoms with E-state index < -0.39 is 0 Å². The number of hydrogen-bond donors (Lipinski definition) is 0. The van der Waals surface area contributed by atoms with Crippen LogP contribution in [0.2, 0.25) is 0 Å².